The molecule has 0 atom stereocenters. The number of ether oxygens (including phenoxy) is 2. The minimum Gasteiger partial charge on any atom is -0.479 e. The molecule has 5 heteroatoms. The van der Waals surface area contributed by atoms with Crippen LogP contribution < -0.4 is 0 Å². The number of amides is 1. The quantitative estimate of drug-likeness (QED) is 0.577. The fourth-order valence-corrected chi connectivity index (χ4v) is 1.14. The summed E-state index contributed by atoms with van der Waals surface area (Å²) in [5, 5.41) is 0. The summed E-state index contributed by atoms with van der Waals surface area (Å²) in [5.41, 5.74) is 0. The molecule has 4 nitrogen and oxygen atoms in total. The third-order valence-electron chi connectivity index (χ3n) is 1.71. The monoisotopic (exact) mass is 353 g/mol. The first-order valence-electron chi connectivity index (χ1n) is 5.71. The van der Waals surface area contributed by atoms with Crippen LogP contribution in [0.15, 0.2) is 24.1 Å². The molecule has 0 aromatic carbocycles. The highest BCUT2D eigenvalue weighted by Crippen LogP contribution is 2.12. The Bertz CT molecular complexity index is 277. The van der Waals surface area contributed by atoms with Gasteiger partial charge in [-0.3, -0.25) is 0 Å². The van der Waals surface area contributed by atoms with Gasteiger partial charge in [0.25, 0.3) is 0 Å². The van der Waals surface area contributed by atoms with Crippen molar-refractivity contribution in [2.75, 3.05) is 24.2 Å². The molecule has 0 aromatic heterocycles. The van der Waals surface area contributed by atoms with Crippen molar-refractivity contribution >= 4 is 28.7 Å². The van der Waals surface area contributed by atoms with Gasteiger partial charge in [0.15, 0.2) is 5.88 Å². The minimum atomic E-state index is -0.364. The smallest absolute Gasteiger partial charge is 0.416 e. The maximum atomic E-state index is 11.4. The van der Waals surface area contributed by atoms with Gasteiger partial charge in [-0.1, -0.05) is 41.7 Å². The van der Waals surface area contributed by atoms with Gasteiger partial charge in [-0.2, -0.15) is 0 Å². The zero-order valence-electron chi connectivity index (χ0n) is 10.6. The Morgan fingerprint density at radius 1 is 1.41 bits per heavy atom. The molecule has 0 fully saturated rings. The van der Waals surface area contributed by atoms with Crippen LogP contribution in [0.1, 0.15) is 20.8 Å². The average molecular weight is 353 g/mol. The molecule has 0 saturated carbocycles. The van der Waals surface area contributed by atoms with Gasteiger partial charge in [0.2, 0.25) is 0 Å². The Morgan fingerprint density at radius 2 is 2.06 bits per heavy atom. The molecule has 0 spiro atoms. The second-order valence-corrected chi connectivity index (χ2v) is 4.47. The lowest BCUT2D eigenvalue weighted by atomic mass is 10.3. The van der Waals surface area contributed by atoms with E-state index in [4.69, 9.17) is 9.47 Å². The Labute approximate surface area is 117 Å². The van der Waals surface area contributed by atoms with Gasteiger partial charge in [-0.15, -0.1) is 0 Å². The molecule has 1 aliphatic rings. The molecule has 0 unspecified atom stereocenters. The van der Waals surface area contributed by atoms with Crippen LogP contribution in [-0.2, 0) is 9.47 Å². The number of allylic oxidation sites excluding steroid dienone is 2. The summed E-state index contributed by atoms with van der Waals surface area (Å²) in [6, 6.07) is 0. The van der Waals surface area contributed by atoms with Crippen molar-refractivity contribution in [1.29, 1.82) is 0 Å². The average Bonchev–Trinajstić information content (AvgIpc) is 2.31. The summed E-state index contributed by atoms with van der Waals surface area (Å²) < 4.78 is 11.4. The van der Waals surface area contributed by atoms with E-state index in [-0.39, 0.29) is 6.09 Å². The normalized spacial score (nSPS) is 13.4. The molecule has 0 bridgehead atoms. The lowest BCUT2D eigenvalue weighted by Gasteiger charge is -2.24. The molecule has 0 saturated heterocycles. The number of carbonyl (C=O) groups is 1. The summed E-state index contributed by atoms with van der Waals surface area (Å²) in [4.78, 5) is 12.9. The minimum absolute atomic E-state index is 0.364. The lowest BCUT2D eigenvalue weighted by molar-refractivity contribution is 0.0824. The van der Waals surface area contributed by atoms with Gasteiger partial charge < -0.3 is 9.47 Å². The zero-order chi connectivity index (χ0) is 13.1. The Kier molecular flexibility index (Phi) is 9.99. The summed E-state index contributed by atoms with van der Waals surface area (Å²) in [5.74, 6) is 0.549. The van der Waals surface area contributed by atoms with E-state index in [2.05, 4.69) is 29.5 Å². The van der Waals surface area contributed by atoms with E-state index in [1.54, 1.807) is 13.0 Å². The highest BCUT2D eigenvalue weighted by Gasteiger charge is 2.20. The van der Waals surface area contributed by atoms with Gasteiger partial charge in [0.1, 0.15) is 0 Å². The SMILES string of the molecule is CCI.CCOC(=O)N1CC=CC=C1OCC. The largest absolute Gasteiger partial charge is 0.479 e. The summed E-state index contributed by atoms with van der Waals surface area (Å²) in [6.07, 6.45) is 5.13. The van der Waals surface area contributed by atoms with Crippen LogP contribution in [0.5, 0.6) is 0 Å². The van der Waals surface area contributed by atoms with Crippen LogP contribution >= 0.6 is 22.6 Å². The molecule has 0 N–H and O–H groups in total. The zero-order valence-corrected chi connectivity index (χ0v) is 12.8. The molecule has 98 valence electrons. The number of halogens is 1. The van der Waals surface area contributed by atoms with E-state index in [1.807, 2.05) is 19.1 Å². The Balaban J connectivity index is 0.000000770. The van der Waals surface area contributed by atoms with E-state index >= 15 is 0 Å². The predicted molar refractivity (Wildman–Crippen MR) is 77.1 cm³/mol. The van der Waals surface area contributed by atoms with Gasteiger partial charge in [-0.25, -0.2) is 9.69 Å². The van der Waals surface area contributed by atoms with Crippen molar-refractivity contribution in [1.82, 2.24) is 4.90 Å². The van der Waals surface area contributed by atoms with Crippen LogP contribution in [0.25, 0.3) is 0 Å². The maximum Gasteiger partial charge on any atom is 0.416 e. The van der Waals surface area contributed by atoms with Gasteiger partial charge in [-0.05, 0) is 24.4 Å². The molecule has 1 rings (SSSR count). The number of hydrogen-bond donors (Lipinski definition) is 0. The van der Waals surface area contributed by atoms with Crippen molar-refractivity contribution in [2.45, 2.75) is 20.8 Å². The molecule has 0 radical (unpaired) electrons. The molecule has 1 aliphatic heterocycles. The molecule has 0 aliphatic carbocycles. The number of carbonyl (C=O) groups excluding carboxylic acids is 1. The summed E-state index contributed by atoms with van der Waals surface area (Å²) >= 11 is 2.29. The van der Waals surface area contributed by atoms with Crippen LogP contribution in [0.4, 0.5) is 4.79 Å². The van der Waals surface area contributed by atoms with Crippen molar-refractivity contribution in [3.63, 3.8) is 0 Å². The number of alkyl halides is 1. The van der Waals surface area contributed by atoms with E-state index < -0.39 is 0 Å². The number of nitrogens with zero attached hydrogens (tertiary/aromatic N) is 1. The Morgan fingerprint density at radius 3 is 2.59 bits per heavy atom. The molecule has 17 heavy (non-hydrogen) atoms. The van der Waals surface area contributed by atoms with E-state index in [1.165, 1.54) is 9.33 Å². The molecule has 0 aromatic rings. The summed E-state index contributed by atoms with van der Waals surface area (Å²) in [7, 11) is 0. The molecule has 1 heterocycles. The highest BCUT2D eigenvalue weighted by atomic mass is 127. The molecule has 1 amide bonds. The first-order chi connectivity index (χ1) is 8.21. The third-order valence-corrected chi connectivity index (χ3v) is 1.71. The maximum absolute atomic E-state index is 11.4. The third kappa shape index (κ3) is 6.55. The number of hydrogen-bond acceptors (Lipinski definition) is 3. The van der Waals surface area contributed by atoms with Crippen molar-refractivity contribution in [2.24, 2.45) is 0 Å². The second kappa shape index (κ2) is 10.4. The lowest BCUT2D eigenvalue weighted by Crippen LogP contribution is -2.33. The number of rotatable bonds is 3. The van der Waals surface area contributed by atoms with Gasteiger partial charge in [0, 0.05) is 0 Å². The standard InChI is InChI=1S/C10H15NO3.C2H5I/c1-3-13-9-7-5-6-8-11(9)10(12)14-4-2;1-2-3/h5-7H,3-4,8H2,1-2H3;2H2,1H3. The van der Waals surface area contributed by atoms with Crippen LogP contribution in [0.2, 0.25) is 0 Å². The van der Waals surface area contributed by atoms with E-state index in [0.717, 1.165) is 0 Å². The second-order valence-electron chi connectivity index (χ2n) is 2.94. The van der Waals surface area contributed by atoms with Crippen LogP contribution in [0, 0.1) is 0 Å². The summed E-state index contributed by atoms with van der Waals surface area (Å²) in [6.45, 7) is 7.18. The predicted octanol–water partition coefficient (Wildman–Crippen LogP) is 3.33. The fourth-order valence-electron chi connectivity index (χ4n) is 1.14. The van der Waals surface area contributed by atoms with Crippen molar-refractivity contribution in [3.05, 3.63) is 24.1 Å². The van der Waals surface area contributed by atoms with Crippen molar-refractivity contribution < 1.29 is 14.3 Å². The molecular weight excluding hydrogens is 333 g/mol. The van der Waals surface area contributed by atoms with Gasteiger partial charge >= 0.3 is 6.09 Å². The van der Waals surface area contributed by atoms with E-state index in [9.17, 15) is 4.79 Å². The molecular formula is C12H20INO3. The fraction of sp³-hybridized carbons (Fsp3) is 0.583. The Hall–Kier alpha value is -0.720. The van der Waals surface area contributed by atoms with E-state index in [0.29, 0.717) is 25.6 Å². The highest BCUT2D eigenvalue weighted by molar-refractivity contribution is 14.1. The van der Waals surface area contributed by atoms with Crippen LogP contribution in [0.3, 0.4) is 0 Å². The van der Waals surface area contributed by atoms with Crippen molar-refractivity contribution in [3.8, 4) is 0 Å². The first kappa shape index (κ1) is 16.3. The van der Waals surface area contributed by atoms with Crippen LogP contribution in [-0.4, -0.2) is 35.2 Å². The van der Waals surface area contributed by atoms with Gasteiger partial charge in [0.05, 0.1) is 19.8 Å². The topological polar surface area (TPSA) is 38.8 Å². The first-order valence-corrected chi connectivity index (χ1v) is 7.23.